The minimum atomic E-state index is -0.0666. The van der Waals surface area contributed by atoms with Gasteiger partial charge in [-0.3, -0.25) is 9.59 Å². The second kappa shape index (κ2) is 11.7. The number of benzene rings is 1. The quantitative estimate of drug-likeness (QED) is 0.525. The standard InChI is InChI=1S/C20H29N3O3S/c1-2-3-4-5-6-7-18(24)22-20(27)21-17-10-8-16(9-11-17)19(25)23-12-14-26-15-13-23/h8-11H,2-7,12-15H2,1H3,(H2,21,22,24,27). The maximum absolute atomic E-state index is 12.4. The van der Waals surface area contributed by atoms with Crippen LogP contribution >= 0.6 is 12.2 Å². The molecule has 1 fully saturated rings. The summed E-state index contributed by atoms with van der Waals surface area (Å²) < 4.78 is 5.27. The fourth-order valence-electron chi connectivity index (χ4n) is 2.89. The maximum Gasteiger partial charge on any atom is 0.254 e. The molecule has 0 radical (unpaired) electrons. The number of unbranched alkanes of at least 4 members (excludes halogenated alkanes) is 4. The van der Waals surface area contributed by atoms with E-state index in [2.05, 4.69) is 17.6 Å². The van der Waals surface area contributed by atoms with E-state index in [0.717, 1.165) is 18.5 Å². The van der Waals surface area contributed by atoms with Gasteiger partial charge in [0.15, 0.2) is 5.11 Å². The predicted molar refractivity (Wildman–Crippen MR) is 111 cm³/mol. The van der Waals surface area contributed by atoms with E-state index in [4.69, 9.17) is 17.0 Å². The molecule has 0 bridgehead atoms. The zero-order valence-electron chi connectivity index (χ0n) is 16.0. The van der Waals surface area contributed by atoms with Crippen LogP contribution < -0.4 is 10.6 Å². The highest BCUT2D eigenvalue weighted by Crippen LogP contribution is 2.13. The normalized spacial score (nSPS) is 13.9. The number of amides is 2. The van der Waals surface area contributed by atoms with E-state index in [1.165, 1.54) is 19.3 Å². The van der Waals surface area contributed by atoms with Crippen molar-refractivity contribution in [3.05, 3.63) is 29.8 Å². The number of carbonyl (C=O) groups excluding carboxylic acids is 2. The molecule has 0 spiro atoms. The molecular weight excluding hydrogens is 362 g/mol. The molecule has 2 amide bonds. The highest BCUT2D eigenvalue weighted by atomic mass is 32.1. The van der Waals surface area contributed by atoms with E-state index in [-0.39, 0.29) is 16.9 Å². The Morgan fingerprint density at radius 1 is 1.07 bits per heavy atom. The Hall–Kier alpha value is -1.99. The minimum Gasteiger partial charge on any atom is -0.378 e. The number of thiocarbonyl (C=S) groups is 1. The Morgan fingerprint density at radius 2 is 1.74 bits per heavy atom. The smallest absolute Gasteiger partial charge is 0.254 e. The molecule has 0 unspecified atom stereocenters. The first-order valence-electron chi connectivity index (χ1n) is 9.68. The molecule has 6 nitrogen and oxygen atoms in total. The zero-order chi connectivity index (χ0) is 19.5. The first-order valence-corrected chi connectivity index (χ1v) is 10.1. The lowest BCUT2D eigenvalue weighted by Crippen LogP contribution is -2.40. The van der Waals surface area contributed by atoms with E-state index < -0.39 is 0 Å². The molecule has 2 N–H and O–H groups in total. The maximum atomic E-state index is 12.4. The van der Waals surface area contributed by atoms with Crippen LogP contribution in [0.5, 0.6) is 0 Å². The lowest BCUT2D eigenvalue weighted by atomic mass is 10.1. The molecule has 0 aliphatic carbocycles. The van der Waals surface area contributed by atoms with Gasteiger partial charge in [-0.05, 0) is 42.9 Å². The number of carbonyl (C=O) groups is 2. The zero-order valence-corrected chi connectivity index (χ0v) is 16.8. The van der Waals surface area contributed by atoms with Crippen LogP contribution in [0.15, 0.2) is 24.3 Å². The Bertz CT molecular complexity index is 628. The van der Waals surface area contributed by atoms with E-state index in [1.54, 1.807) is 29.2 Å². The second-order valence-corrected chi connectivity index (χ2v) is 7.06. The van der Waals surface area contributed by atoms with Crippen LogP contribution in [0.2, 0.25) is 0 Å². The van der Waals surface area contributed by atoms with Gasteiger partial charge in [-0.2, -0.15) is 0 Å². The molecule has 0 atom stereocenters. The largest absolute Gasteiger partial charge is 0.378 e. The van der Waals surface area contributed by atoms with Gasteiger partial charge < -0.3 is 20.3 Å². The van der Waals surface area contributed by atoms with Crippen LogP contribution in [-0.4, -0.2) is 48.1 Å². The predicted octanol–water partition coefficient (Wildman–Crippen LogP) is 3.33. The summed E-state index contributed by atoms with van der Waals surface area (Å²) in [5.74, 6) is -0.0630. The summed E-state index contributed by atoms with van der Waals surface area (Å²) in [6.07, 6.45) is 6.01. The molecule has 0 saturated carbocycles. The first kappa shape index (κ1) is 21.3. The van der Waals surface area contributed by atoms with E-state index in [1.807, 2.05) is 0 Å². The van der Waals surface area contributed by atoms with E-state index >= 15 is 0 Å². The minimum absolute atomic E-state index is 0.00352. The molecule has 7 heteroatoms. The lowest BCUT2D eigenvalue weighted by molar-refractivity contribution is -0.119. The number of hydrogen-bond donors (Lipinski definition) is 2. The molecule has 2 rings (SSSR count). The Balaban J connectivity index is 1.74. The number of nitrogens with one attached hydrogen (secondary N) is 2. The van der Waals surface area contributed by atoms with Crippen molar-refractivity contribution < 1.29 is 14.3 Å². The molecule has 1 aliphatic heterocycles. The van der Waals surface area contributed by atoms with Crippen molar-refractivity contribution in [3.63, 3.8) is 0 Å². The first-order chi connectivity index (χ1) is 13.1. The van der Waals surface area contributed by atoms with Crippen molar-refractivity contribution in [1.29, 1.82) is 0 Å². The number of morpholine rings is 1. The van der Waals surface area contributed by atoms with Gasteiger partial charge in [-0.25, -0.2) is 0 Å². The van der Waals surface area contributed by atoms with Crippen LogP contribution in [-0.2, 0) is 9.53 Å². The molecule has 1 aromatic carbocycles. The van der Waals surface area contributed by atoms with Crippen LogP contribution in [0.1, 0.15) is 55.8 Å². The van der Waals surface area contributed by atoms with E-state index in [0.29, 0.717) is 38.3 Å². The van der Waals surface area contributed by atoms with Gasteiger partial charge in [-0.1, -0.05) is 32.6 Å². The van der Waals surface area contributed by atoms with Crippen molar-refractivity contribution in [2.45, 2.75) is 45.4 Å². The third kappa shape index (κ3) is 7.64. The van der Waals surface area contributed by atoms with Gasteiger partial charge in [0, 0.05) is 30.8 Å². The van der Waals surface area contributed by atoms with Gasteiger partial charge >= 0.3 is 0 Å². The number of anilines is 1. The van der Waals surface area contributed by atoms with Gasteiger partial charge in [0.25, 0.3) is 5.91 Å². The molecular formula is C20H29N3O3S. The van der Waals surface area contributed by atoms with E-state index in [9.17, 15) is 9.59 Å². The van der Waals surface area contributed by atoms with Crippen LogP contribution in [0, 0.1) is 0 Å². The fraction of sp³-hybridized carbons (Fsp3) is 0.550. The summed E-state index contributed by atoms with van der Waals surface area (Å²) in [5, 5.41) is 5.96. The molecule has 148 valence electrons. The van der Waals surface area contributed by atoms with Crippen molar-refractivity contribution in [3.8, 4) is 0 Å². The van der Waals surface area contributed by atoms with Crippen LogP contribution in [0.3, 0.4) is 0 Å². The third-order valence-electron chi connectivity index (χ3n) is 4.45. The molecule has 0 aromatic heterocycles. The number of rotatable bonds is 8. The van der Waals surface area contributed by atoms with Gasteiger partial charge in [0.2, 0.25) is 5.91 Å². The summed E-state index contributed by atoms with van der Waals surface area (Å²) in [5.41, 5.74) is 1.37. The van der Waals surface area contributed by atoms with Crippen molar-refractivity contribution in [2.75, 3.05) is 31.6 Å². The SMILES string of the molecule is CCCCCCCC(=O)NC(=S)Nc1ccc(C(=O)N2CCOCC2)cc1. The van der Waals surface area contributed by atoms with Gasteiger partial charge in [0.05, 0.1) is 13.2 Å². The average molecular weight is 392 g/mol. The highest BCUT2D eigenvalue weighted by Gasteiger charge is 2.18. The number of nitrogens with zero attached hydrogens (tertiary/aromatic N) is 1. The molecule has 1 aromatic rings. The Labute approximate surface area is 166 Å². The highest BCUT2D eigenvalue weighted by molar-refractivity contribution is 7.80. The fourth-order valence-corrected chi connectivity index (χ4v) is 3.12. The summed E-state index contributed by atoms with van der Waals surface area (Å²) in [6.45, 7) is 4.57. The lowest BCUT2D eigenvalue weighted by Gasteiger charge is -2.26. The molecule has 27 heavy (non-hydrogen) atoms. The average Bonchev–Trinajstić information content (AvgIpc) is 2.68. The van der Waals surface area contributed by atoms with Gasteiger partial charge in [0.1, 0.15) is 0 Å². The van der Waals surface area contributed by atoms with Crippen molar-refractivity contribution >= 4 is 34.8 Å². The summed E-state index contributed by atoms with van der Waals surface area (Å²) in [6, 6.07) is 7.10. The summed E-state index contributed by atoms with van der Waals surface area (Å²) >= 11 is 5.19. The second-order valence-electron chi connectivity index (χ2n) is 6.65. The molecule has 1 saturated heterocycles. The topological polar surface area (TPSA) is 70.7 Å². The molecule has 1 heterocycles. The third-order valence-corrected chi connectivity index (χ3v) is 4.65. The van der Waals surface area contributed by atoms with Gasteiger partial charge in [-0.15, -0.1) is 0 Å². The van der Waals surface area contributed by atoms with Crippen molar-refractivity contribution in [1.82, 2.24) is 10.2 Å². The Morgan fingerprint density at radius 3 is 2.41 bits per heavy atom. The van der Waals surface area contributed by atoms with Crippen LogP contribution in [0.4, 0.5) is 5.69 Å². The summed E-state index contributed by atoms with van der Waals surface area (Å²) in [7, 11) is 0. The molecule has 1 aliphatic rings. The summed E-state index contributed by atoms with van der Waals surface area (Å²) in [4.78, 5) is 26.1. The Kier molecular flexibility index (Phi) is 9.21. The van der Waals surface area contributed by atoms with Crippen molar-refractivity contribution in [2.24, 2.45) is 0 Å². The number of ether oxygens (including phenoxy) is 1. The van der Waals surface area contributed by atoms with Crippen LogP contribution in [0.25, 0.3) is 0 Å². The monoisotopic (exact) mass is 391 g/mol. The number of hydrogen-bond acceptors (Lipinski definition) is 4.